The van der Waals surface area contributed by atoms with Crippen LogP contribution in [-0.4, -0.2) is 5.43 Å². The van der Waals surface area contributed by atoms with Gasteiger partial charge in [-0.15, -0.1) is 58.7 Å². The Morgan fingerprint density at radius 2 is 0.768 bits per heavy atom. The average molecular weight is 871 g/mol. The molecule has 0 saturated heterocycles. The Bertz CT molecular complexity index is 2260. The van der Waals surface area contributed by atoms with Gasteiger partial charge in [0.25, 0.3) is 0 Å². The molecule has 0 amide bonds. The molecule has 8 rings (SSSR count). The molecule has 0 heterocycles. The Kier molecular flexibility index (Phi) is 17.0. The maximum atomic E-state index is 15.0. The van der Waals surface area contributed by atoms with Gasteiger partial charge in [0.1, 0.15) is 11.6 Å². The van der Waals surface area contributed by atoms with Crippen molar-refractivity contribution in [3.63, 3.8) is 0 Å². The van der Waals surface area contributed by atoms with E-state index in [0.717, 1.165) is 79.6 Å². The quantitative estimate of drug-likeness (QED) is 0.117. The minimum absolute atomic E-state index is 0. The van der Waals surface area contributed by atoms with Gasteiger partial charge in [-0.25, -0.2) is 8.78 Å². The van der Waals surface area contributed by atoms with Crippen LogP contribution in [0, 0.1) is 23.8 Å². The van der Waals surface area contributed by atoms with E-state index in [2.05, 4.69) is 51.2 Å². The van der Waals surface area contributed by atoms with E-state index < -0.39 is 0 Å². The number of rotatable bonds is 6. The van der Waals surface area contributed by atoms with Crippen LogP contribution in [0.3, 0.4) is 0 Å². The van der Waals surface area contributed by atoms with Crippen molar-refractivity contribution in [2.24, 2.45) is 0 Å². The Hall–Kier alpha value is -4.18. The van der Waals surface area contributed by atoms with E-state index >= 15 is 0 Å². The van der Waals surface area contributed by atoms with Gasteiger partial charge >= 0.3 is 41.9 Å². The Balaban J connectivity index is 0.000000220. The molecule has 0 aliphatic heterocycles. The second kappa shape index (κ2) is 21.4. The van der Waals surface area contributed by atoms with Gasteiger partial charge in [-0.3, -0.25) is 0 Å². The second-order valence-corrected chi connectivity index (χ2v) is 22.6. The number of hydrogen-bond donors (Lipinski definition) is 0. The molecule has 0 nitrogen and oxygen atoms in total. The zero-order valence-corrected chi connectivity index (χ0v) is 36.9. The van der Waals surface area contributed by atoms with Gasteiger partial charge in [0, 0.05) is 11.1 Å². The third-order valence-electron chi connectivity index (χ3n) is 9.16. The van der Waals surface area contributed by atoms with Crippen LogP contribution >= 0.6 is 0 Å². The summed E-state index contributed by atoms with van der Waals surface area (Å²) in [6.45, 7) is 8.84. The van der Waals surface area contributed by atoms with Gasteiger partial charge in [-0.2, -0.15) is 23.3 Å². The van der Waals surface area contributed by atoms with E-state index in [1.807, 2.05) is 121 Å². The van der Waals surface area contributed by atoms with E-state index in [1.165, 1.54) is 12.1 Å². The molecule has 0 N–H and O–H groups in total. The van der Waals surface area contributed by atoms with Crippen LogP contribution in [0.25, 0.3) is 66.8 Å². The molecule has 4 aromatic carbocycles. The van der Waals surface area contributed by atoms with Crippen molar-refractivity contribution in [1.82, 2.24) is 0 Å². The van der Waals surface area contributed by atoms with Gasteiger partial charge in [-0.05, 0) is 47.2 Å². The third-order valence-corrected chi connectivity index (χ3v) is 9.16. The smallest absolute Gasteiger partial charge is 1.00 e. The normalized spacial score (nSPS) is 10.3. The first-order valence-electron chi connectivity index (χ1n) is 18.4. The van der Waals surface area contributed by atoms with Crippen molar-refractivity contribution >= 4 is 5.43 Å². The summed E-state index contributed by atoms with van der Waals surface area (Å²) in [5, 5.41) is 0. The second-order valence-electron chi connectivity index (χ2n) is 13.3. The fourth-order valence-electron chi connectivity index (χ4n) is 6.68. The van der Waals surface area contributed by atoms with Crippen molar-refractivity contribution < 1.29 is 56.9 Å². The predicted molar refractivity (Wildman–Crippen MR) is 222 cm³/mol. The molecule has 4 aliphatic carbocycles. The monoisotopic (exact) mass is 868 g/mol. The summed E-state index contributed by atoms with van der Waals surface area (Å²) < 4.78 is 29.9. The third kappa shape index (κ3) is 10.6. The summed E-state index contributed by atoms with van der Waals surface area (Å²) in [6.07, 6.45) is 1.83. The van der Waals surface area contributed by atoms with Crippen LogP contribution in [0.5, 0.6) is 0 Å². The molecule has 0 aromatic heterocycles. The fourth-order valence-corrected chi connectivity index (χ4v) is 6.68. The molecular weight excluding hydrogens is 829 g/mol. The molecule has 0 radical (unpaired) electrons. The van der Waals surface area contributed by atoms with E-state index in [-0.39, 0.29) is 41.9 Å². The van der Waals surface area contributed by atoms with Crippen LogP contribution < -0.4 is 24.8 Å². The number of fused-ring (bicyclic) bond motifs is 2. The summed E-state index contributed by atoms with van der Waals surface area (Å²) >= 11 is 1.74. The van der Waals surface area contributed by atoms with Gasteiger partial charge < -0.3 is 24.8 Å². The topological polar surface area (TPSA) is 0 Å². The van der Waals surface area contributed by atoms with Crippen LogP contribution in [-0.2, 0) is 36.2 Å². The zero-order valence-electron chi connectivity index (χ0n) is 31.9. The SMILES string of the molecule is CCc1[c-]c2ccccc(-c3c(F)cccc3-c3ccccc3)c-2c1.CCc1[c-]c2ccccc(-c3c(F)cccc3-c3ccccc3)c-2c1.C[Si](C)=[Zr+2].[Cl-].[Cl-]. The summed E-state index contributed by atoms with van der Waals surface area (Å²) in [4.78, 5) is 0. The summed E-state index contributed by atoms with van der Waals surface area (Å²) in [6, 6.07) is 57.7. The maximum absolute atomic E-state index is 15.0. The Morgan fingerprint density at radius 1 is 0.446 bits per heavy atom. The van der Waals surface area contributed by atoms with E-state index in [1.54, 1.807) is 35.5 Å². The molecule has 4 aliphatic rings. The molecule has 0 spiro atoms. The summed E-state index contributed by atoms with van der Waals surface area (Å²) in [5.74, 6) is -0.402. The maximum Gasteiger partial charge on any atom is -1.00 e. The first-order valence-corrected chi connectivity index (χ1v) is 24.6. The molecule has 0 atom stereocenters. The number of halogens is 4. The van der Waals surface area contributed by atoms with Gasteiger partial charge in [0.05, 0.1) is 0 Å². The minimum Gasteiger partial charge on any atom is -1.00 e. The molecular formula is C50H42Cl2F2SiZr-2. The van der Waals surface area contributed by atoms with Crippen molar-refractivity contribution in [1.29, 1.82) is 0 Å². The van der Waals surface area contributed by atoms with Crippen LogP contribution in [0.4, 0.5) is 8.78 Å². The van der Waals surface area contributed by atoms with E-state index in [9.17, 15) is 8.78 Å². The van der Waals surface area contributed by atoms with Crippen molar-refractivity contribution in [2.45, 2.75) is 39.8 Å². The number of aryl methyl sites for hydroxylation is 2. The largest absolute Gasteiger partial charge is 1.00 e. The minimum atomic E-state index is -0.201. The van der Waals surface area contributed by atoms with Crippen LogP contribution in [0.15, 0.2) is 158 Å². The summed E-state index contributed by atoms with van der Waals surface area (Å²) in [7, 11) is 0. The van der Waals surface area contributed by atoms with E-state index in [0.29, 0.717) is 11.1 Å². The zero-order chi connectivity index (χ0) is 38.0. The molecule has 0 bridgehead atoms. The summed E-state index contributed by atoms with van der Waals surface area (Å²) in [5.41, 5.74) is 13.6. The van der Waals surface area contributed by atoms with Gasteiger partial charge in [-0.1, -0.05) is 134 Å². The molecule has 56 heavy (non-hydrogen) atoms. The number of benzene rings is 4. The first kappa shape index (κ1) is 44.5. The van der Waals surface area contributed by atoms with E-state index in [4.69, 9.17) is 0 Å². The fraction of sp³-hybridized carbons (Fsp3) is 0.120. The van der Waals surface area contributed by atoms with Crippen LogP contribution in [0.1, 0.15) is 25.0 Å². The molecule has 280 valence electrons. The molecule has 6 heteroatoms. The van der Waals surface area contributed by atoms with Crippen LogP contribution in [0.2, 0.25) is 13.1 Å². The molecule has 0 fully saturated rings. The molecule has 0 saturated carbocycles. The van der Waals surface area contributed by atoms with Gasteiger partial charge in [0.2, 0.25) is 0 Å². The average Bonchev–Trinajstić information content (AvgIpc) is 3.68. The van der Waals surface area contributed by atoms with Gasteiger partial charge in [0.15, 0.2) is 0 Å². The Morgan fingerprint density at radius 3 is 1.12 bits per heavy atom. The Labute approximate surface area is 358 Å². The van der Waals surface area contributed by atoms with Crippen molar-refractivity contribution in [2.75, 3.05) is 0 Å². The molecule has 0 unspecified atom stereocenters. The first-order chi connectivity index (χ1) is 26.3. The molecule has 4 aromatic rings. The number of hydrogen-bond acceptors (Lipinski definition) is 0. The predicted octanol–water partition coefficient (Wildman–Crippen LogP) is 8.05. The van der Waals surface area contributed by atoms with Crippen molar-refractivity contribution in [3.8, 4) is 66.8 Å². The van der Waals surface area contributed by atoms with Crippen molar-refractivity contribution in [3.05, 3.63) is 193 Å². The standard InChI is InChI=1S/2C24H18F.C2H6Si.2ClH.Zr/c2*1-2-17-15-19-11-6-7-12-21(22(19)16-17)24-20(13-8-14-23(24)25)18-9-4-3-5-10-18;1-3-2;;;/h2*3-14,16H,2H2,1H3;1-2H3;2*1H;/q2*-1;;;;+2/p-2.